The molecule has 3 unspecified atom stereocenters. The highest BCUT2D eigenvalue weighted by molar-refractivity contribution is 5.04. The van der Waals surface area contributed by atoms with Crippen LogP contribution in [0.2, 0.25) is 0 Å². The lowest BCUT2D eigenvalue weighted by Gasteiger charge is -2.20. The zero-order valence-electron chi connectivity index (χ0n) is 12.9. The molecule has 3 rings (SSSR count). The van der Waals surface area contributed by atoms with Gasteiger partial charge in [-0.15, -0.1) is 0 Å². The molecule has 2 heterocycles. The van der Waals surface area contributed by atoms with Gasteiger partial charge in [-0.2, -0.15) is 0 Å². The molecule has 3 atom stereocenters. The highest BCUT2D eigenvalue weighted by Crippen LogP contribution is 2.33. The molecule has 1 saturated carbocycles. The normalized spacial score (nSPS) is 27.9. The second-order valence-electron chi connectivity index (χ2n) is 6.69. The fourth-order valence-electron chi connectivity index (χ4n) is 3.47. The van der Waals surface area contributed by atoms with Gasteiger partial charge in [0.25, 0.3) is 0 Å². The smallest absolute Gasteiger partial charge is 0.0475 e. The van der Waals surface area contributed by atoms with E-state index in [9.17, 15) is 5.11 Å². The first-order valence-corrected chi connectivity index (χ1v) is 8.26. The van der Waals surface area contributed by atoms with E-state index in [2.05, 4.69) is 22.1 Å². The molecule has 0 spiro atoms. The molecule has 0 aromatic carbocycles. The van der Waals surface area contributed by atoms with Crippen molar-refractivity contribution in [3.8, 4) is 0 Å². The van der Waals surface area contributed by atoms with Crippen molar-refractivity contribution in [1.29, 1.82) is 0 Å². The van der Waals surface area contributed by atoms with Gasteiger partial charge >= 0.3 is 0 Å². The third-order valence-corrected chi connectivity index (χ3v) is 4.82. The van der Waals surface area contributed by atoms with Crippen LogP contribution >= 0.6 is 0 Å². The van der Waals surface area contributed by atoms with E-state index in [0.29, 0.717) is 12.1 Å². The SMILES string of the molecule is CC1CC(NCC(CO)Cc2ccccn2)CN1C1CC1. The van der Waals surface area contributed by atoms with Crippen molar-refractivity contribution in [1.82, 2.24) is 15.2 Å². The number of nitrogens with zero attached hydrogens (tertiary/aromatic N) is 2. The molecule has 0 radical (unpaired) electrons. The highest BCUT2D eigenvalue weighted by Gasteiger charge is 2.38. The zero-order chi connectivity index (χ0) is 14.7. The maximum Gasteiger partial charge on any atom is 0.0475 e. The van der Waals surface area contributed by atoms with Gasteiger partial charge in [-0.05, 0) is 50.7 Å². The summed E-state index contributed by atoms with van der Waals surface area (Å²) in [5.74, 6) is 0.255. The minimum atomic E-state index is 0.220. The average molecular weight is 289 g/mol. The predicted molar refractivity (Wildman–Crippen MR) is 84.1 cm³/mol. The highest BCUT2D eigenvalue weighted by atomic mass is 16.3. The maximum atomic E-state index is 9.59. The van der Waals surface area contributed by atoms with Crippen LogP contribution in [0.25, 0.3) is 0 Å². The van der Waals surface area contributed by atoms with Crippen LogP contribution in [-0.2, 0) is 6.42 Å². The van der Waals surface area contributed by atoms with Crippen molar-refractivity contribution in [3.63, 3.8) is 0 Å². The second-order valence-corrected chi connectivity index (χ2v) is 6.69. The van der Waals surface area contributed by atoms with Crippen molar-refractivity contribution in [2.24, 2.45) is 5.92 Å². The van der Waals surface area contributed by atoms with Gasteiger partial charge in [0.2, 0.25) is 0 Å². The standard InChI is InChI=1S/C17H27N3O/c1-13-8-16(11-20(13)17-5-6-17)19-10-14(12-21)9-15-4-2-3-7-18-15/h2-4,7,13-14,16-17,19,21H,5-6,8-12H2,1H3. The number of hydrogen-bond donors (Lipinski definition) is 2. The van der Waals surface area contributed by atoms with Gasteiger partial charge in [0.05, 0.1) is 0 Å². The van der Waals surface area contributed by atoms with Crippen LogP contribution in [0.5, 0.6) is 0 Å². The van der Waals surface area contributed by atoms with E-state index in [-0.39, 0.29) is 12.5 Å². The Bertz CT molecular complexity index is 435. The third kappa shape index (κ3) is 4.02. The van der Waals surface area contributed by atoms with Crippen LogP contribution in [0, 0.1) is 5.92 Å². The Morgan fingerprint density at radius 2 is 2.29 bits per heavy atom. The van der Waals surface area contributed by atoms with Crippen molar-refractivity contribution in [3.05, 3.63) is 30.1 Å². The van der Waals surface area contributed by atoms with Crippen LogP contribution in [0.4, 0.5) is 0 Å². The second kappa shape index (κ2) is 6.86. The molecule has 1 aromatic rings. The Morgan fingerprint density at radius 3 is 2.95 bits per heavy atom. The molecule has 4 heteroatoms. The number of pyridine rings is 1. The molecule has 2 aliphatic rings. The molecular formula is C17H27N3O. The Morgan fingerprint density at radius 1 is 1.43 bits per heavy atom. The van der Waals surface area contributed by atoms with E-state index in [0.717, 1.165) is 24.7 Å². The molecule has 1 saturated heterocycles. The van der Waals surface area contributed by atoms with Gasteiger partial charge in [-0.3, -0.25) is 9.88 Å². The fraction of sp³-hybridized carbons (Fsp3) is 0.706. The lowest BCUT2D eigenvalue weighted by atomic mass is 10.0. The molecule has 2 N–H and O–H groups in total. The number of likely N-dealkylation sites (tertiary alicyclic amines) is 1. The van der Waals surface area contributed by atoms with Crippen LogP contribution in [0.3, 0.4) is 0 Å². The summed E-state index contributed by atoms with van der Waals surface area (Å²) in [4.78, 5) is 7.01. The summed E-state index contributed by atoms with van der Waals surface area (Å²) in [7, 11) is 0. The van der Waals surface area contributed by atoms with E-state index in [1.165, 1.54) is 25.8 Å². The summed E-state index contributed by atoms with van der Waals surface area (Å²) in [6.07, 6.45) is 6.67. The summed E-state index contributed by atoms with van der Waals surface area (Å²) >= 11 is 0. The van der Waals surface area contributed by atoms with Crippen molar-refractivity contribution in [2.75, 3.05) is 19.7 Å². The van der Waals surface area contributed by atoms with E-state index in [1.807, 2.05) is 24.4 Å². The van der Waals surface area contributed by atoms with Gasteiger partial charge in [0.1, 0.15) is 0 Å². The number of aliphatic hydroxyl groups is 1. The fourth-order valence-corrected chi connectivity index (χ4v) is 3.47. The Labute approximate surface area is 127 Å². The minimum Gasteiger partial charge on any atom is -0.396 e. The van der Waals surface area contributed by atoms with Gasteiger partial charge in [-0.1, -0.05) is 6.07 Å². The van der Waals surface area contributed by atoms with Crippen LogP contribution in [0.15, 0.2) is 24.4 Å². The average Bonchev–Trinajstić information content (AvgIpc) is 3.28. The first-order valence-electron chi connectivity index (χ1n) is 8.26. The molecule has 0 bridgehead atoms. The Kier molecular flexibility index (Phi) is 4.88. The Balaban J connectivity index is 1.45. The monoisotopic (exact) mass is 289 g/mol. The predicted octanol–water partition coefficient (Wildman–Crippen LogP) is 1.45. The summed E-state index contributed by atoms with van der Waals surface area (Å²) in [5, 5.41) is 13.3. The van der Waals surface area contributed by atoms with E-state index in [1.54, 1.807) is 0 Å². The summed E-state index contributed by atoms with van der Waals surface area (Å²) < 4.78 is 0. The molecule has 2 fully saturated rings. The molecule has 1 aliphatic carbocycles. The van der Waals surface area contributed by atoms with Crippen molar-refractivity contribution < 1.29 is 5.11 Å². The molecule has 1 aromatic heterocycles. The molecular weight excluding hydrogens is 262 g/mol. The van der Waals surface area contributed by atoms with Crippen LogP contribution < -0.4 is 5.32 Å². The van der Waals surface area contributed by atoms with Crippen molar-refractivity contribution >= 4 is 0 Å². The van der Waals surface area contributed by atoms with E-state index in [4.69, 9.17) is 0 Å². The summed E-state index contributed by atoms with van der Waals surface area (Å²) in [5.41, 5.74) is 1.07. The van der Waals surface area contributed by atoms with Crippen molar-refractivity contribution in [2.45, 2.75) is 50.7 Å². The van der Waals surface area contributed by atoms with Crippen LogP contribution in [0.1, 0.15) is 31.9 Å². The Hall–Kier alpha value is -0.970. The first kappa shape index (κ1) is 14.9. The lowest BCUT2D eigenvalue weighted by Crippen LogP contribution is -2.37. The van der Waals surface area contributed by atoms with Crippen LogP contribution in [-0.4, -0.2) is 52.8 Å². The van der Waals surface area contributed by atoms with Gasteiger partial charge in [0, 0.05) is 49.7 Å². The number of rotatable bonds is 7. The van der Waals surface area contributed by atoms with E-state index < -0.39 is 0 Å². The van der Waals surface area contributed by atoms with Gasteiger partial charge in [-0.25, -0.2) is 0 Å². The van der Waals surface area contributed by atoms with Gasteiger partial charge < -0.3 is 10.4 Å². The quantitative estimate of drug-likeness (QED) is 0.797. The number of nitrogens with one attached hydrogen (secondary N) is 1. The lowest BCUT2D eigenvalue weighted by molar-refractivity contribution is 0.215. The summed E-state index contributed by atoms with van der Waals surface area (Å²) in [6.45, 7) is 4.62. The van der Waals surface area contributed by atoms with Gasteiger partial charge in [0.15, 0.2) is 0 Å². The number of aromatic nitrogens is 1. The third-order valence-electron chi connectivity index (χ3n) is 4.82. The number of hydrogen-bond acceptors (Lipinski definition) is 4. The molecule has 21 heavy (non-hydrogen) atoms. The molecule has 0 amide bonds. The largest absolute Gasteiger partial charge is 0.396 e. The first-order chi connectivity index (χ1) is 10.3. The van der Waals surface area contributed by atoms with E-state index >= 15 is 0 Å². The molecule has 1 aliphatic heterocycles. The minimum absolute atomic E-state index is 0.220. The topological polar surface area (TPSA) is 48.4 Å². The molecule has 4 nitrogen and oxygen atoms in total. The summed E-state index contributed by atoms with van der Waals surface area (Å²) in [6, 6.07) is 8.12. The zero-order valence-corrected chi connectivity index (χ0v) is 12.9. The molecule has 116 valence electrons. The number of aliphatic hydroxyl groups excluding tert-OH is 1. The maximum absolute atomic E-state index is 9.59.